The van der Waals surface area contributed by atoms with Crippen molar-refractivity contribution in [2.24, 2.45) is 10.9 Å². The summed E-state index contributed by atoms with van der Waals surface area (Å²) in [6.45, 7) is 6.68. The van der Waals surface area contributed by atoms with Crippen LogP contribution in [0.15, 0.2) is 40.2 Å². The van der Waals surface area contributed by atoms with Gasteiger partial charge in [-0.3, -0.25) is 4.99 Å². The van der Waals surface area contributed by atoms with Crippen molar-refractivity contribution >= 4 is 17.7 Å². The van der Waals surface area contributed by atoms with Gasteiger partial charge in [0.2, 0.25) is 0 Å². The molecule has 0 radical (unpaired) electrons. The number of hydrogen-bond acceptors (Lipinski definition) is 3. The van der Waals surface area contributed by atoms with Crippen molar-refractivity contribution in [3.05, 3.63) is 30.3 Å². The monoisotopic (exact) mass is 335 g/mol. The van der Waals surface area contributed by atoms with Gasteiger partial charge in [0.1, 0.15) is 0 Å². The first-order valence-electron chi connectivity index (χ1n) is 8.61. The molecule has 1 aliphatic carbocycles. The summed E-state index contributed by atoms with van der Waals surface area (Å²) in [5.74, 6) is 1.21. The molecule has 23 heavy (non-hydrogen) atoms. The number of aliphatic imine (C=N–C) groups is 1. The zero-order valence-corrected chi connectivity index (χ0v) is 15.0. The molecule has 0 heterocycles. The number of nitrogens with one attached hydrogen (secondary N) is 2. The summed E-state index contributed by atoms with van der Waals surface area (Å²) in [6, 6.07) is 10.4. The van der Waals surface area contributed by atoms with E-state index in [9.17, 15) is 5.11 Å². The maximum atomic E-state index is 9.91. The number of rotatable bonds is 7. The molecule has 0 bridgehead atoms. The van der Waals surface area contributed by atoms with Crippen LogP contribution in [0.4, 0.5) is 0 Å². The standard InChI is InChI=1S/C18H29N3OS/c1-3-19-18(21-13-15-8-7-11-17(15)22)20-12-14(2)23-16-9-5-4-6-10-16/h4-6,9-10,14-15,17,22H,3,7-8,11-13H2,1-2H3,(H2,19,20,21). The van der Waals surface area contributed by atoms with E-state index in [4.69, 9.17) is 0 Å². The molecule has 0 spiro atoms. The lowest BCUT2D eigenvalue weighted by molar-refractivity contribution is 0.134. The van der Waals surface area contributed by atoms with E-state index in [-0.39, 0.29) is 6.10 Å². The Morgan fingerprint density at radius 1 is 1.30 bits per heavy atom. The average molecular weight is 336 g/mol. The van der Waals surface area contributed by atoms with Crippen LogP contribution in [0.3, 0.4) is 0 Å². The van der Waals surface area contributed by atoms with Crippen LogP contribution in [-0.4, -0.2) is 42.1 Å². The van der Waals surface area contributed by atoms with Crippen molar-refractivity contribution in [1.29, 1.82) is 0 Å². The minimum Gasteiger partial charge on any atom is -0.393 e. The summed E-state index contributed by atoms with van der Waals surface area (Å²) >= 11 is 1.84. The van der Waals surface area contributed by atoms with Gasteiger partial charge >= 0.3 is 0 Å². The largest absolute Gasteiger partial charge is 0.393 e. The Bertz CT molecular complexity index is 480. The molecule has 3 N–H and O–H groups in total. The molecule has 0 aromatic heterocycles. The Labute approximate surface area is 144 Å². The average Bonchev–Trinajstić information content (AvgIpc) is 2.96. The number of hydrogen-bond donors (Lipinski definition) is 3. The van der Waals surface area contributed by atoms with Crippen molar-refractivity contribution < 1.29 is 5.11 Å². The van der Waals surface area contributed by atoms with Crippen LogP contribution in [-0.2, 0) is 0 Å². The van der Waals surface area contributed by atoms with Crippen molar-refractivity contribution in [2.45, 2.75) is 49.4 Å². The van der Waals surface area contributed by atoms with E-state index in [1.54, 1.807) is 0 Å². The number of guanidine groups is 1. The van der Waals surface area contributed by atoms with Gasteiger partial charge < -0.3 is 15.7 Å². The Morgan fingerprint density at radius 2 is 2.09 bits per heavy atom. The van der Waals surface area contributed by atoms with Gasteiger partial charge in [-0.05, 0) is 31.9 Å². The summed E-state index contributed by atoms with van der Waals surface area (Å²) in [6.07, 6.45) is 3.02. The third-order valence-electron chi connectivity index (χ3n) is 4.08. The second kappa shape index (κ2) is 9.83. The van der Waals surface area contributed by atoms with Crippen molar-refractivity contribution in [1.82, 2.24) is 10.6 Å². The molecule has 2 rings (SSSR count). The van der Waals surface area contributed by atoms with E-state index in [1.165, 1.54) is 4.90 Å². The lowest BCUT2D eigenvalue weighted by atomic mass is 10.1. The lowest BCUT2D eigenvalue weighted by Crippen LogP contribution is -2.41. The van der Waals surface area contributed by atoms with Crippen LogP contribution in [0.2, 0.25) is 0 Å². The molecule has 3 atom stereocenters. The predicted molar refractivity (Wildman–Crippen MR) is 99.1 cm³/mol. The summed E-state index contributed by atoms with van der Waals surface area (Å²) < 4.78 is 0. The third-order valence-corrected chi connectivity index (χ3v) is 5.18. The Hall–Kier alpha value is -1.20. The second-order valence-corrected chi connectivity index (χ2v) is 7.61. The number of aliphatic hydroxyl groups excluding tert-OH is 1. The van der Waals surface area contributed by atoms with Gasteiger partial charge in [0, 0.05) is 29.2 Å². The first-order chi connectivity index (χ1) is 11.2. The molecule has 1 fully saturated rings. The molecular formula is C18H29N3OS. The predicted octanol–water partition coefficient (Wildman–Crippen LogP) is 2.88. The van der Waals surface area contributed by atoms with E-state index in [0.717, 1.165) is 44.9 Å². The molecule has 3 unspecified atom stereocenters. The van der Waals surface area contributed by atoms with E-state index < -0.39 is 0 Å². The van der Waals surface area contributed by atoms with Crippen molar-refractivity contribution in [3.8, 4) is 0 Å². The molecule has 0 aliphatic heterocycles. The van der Waals surface area contributed by atoms with Crippen molar-refractivity contribution in [3.63, 3.8) is 0 Å². The fraction of sp³-hybridized carbons (Fsp3) is 0.611. The SMILES string of the molecule is CCNC(=NCC(C)Sc1ccccc1)NCC1CCCC1O. The van der Waals surface area contributed by atoms with E-state index >= 15 is 0 Å². The first kappa shape index (κ1) is 18.1. The van der Waals surface area contributed by atoms with E-state index in [2.05, 4.69) is 53.7 Å². The maximum Gasteiger partial charge on any atom is 0.191 e. The smallest absolute Gasteiger partial charge is 0.191 e. The Balaban J connectivity index is 1.80. The zero-order chi connectivity index (χ0) is 16.5. The first-order valence-corrected chi connectivity index (χ1v) is 9.49. The molecule has 5 heteroatoms. The van der Waals surface area contributed by atoms with E-state index in [1.807, 2.05) is 17.8 Å². The van der Waals surface area contributed by atoms with Gasteiger partial charge in [0.05, 0.1) is 12.6 Å². The van der Waals surface area contributed by atoms with Crippen LogP contribution >= 0.6 is 11.8 Å². The number of benzene rings is 1. The minimum absolute atomic E-state index is 0.155. The van der Waals surface area contributed by atoms with Gasteiger partial charge in [0.15, 0.2) is 5.96 Å². The summed E-state index contributed by atoms with van der Waals surface area (Å²) in [5.41, 5.74) is 0. The lowest BCUT2D eigenvalue weighted by Gasteiger charge is -2.18. The Kier molecular flexibility index (Phi) is 7.76. The topological polar surface area (TPSA) is 56.7 Å². The summed E-state index contributed by atoms with van der Waals surface area (Å²) in [5, 5.41) is 17.0. The highest BCUT2D eigenvalue weighted by Gasteiger charge is 2.24. The molecule has 0 amide bonds. The molecule has 0 saturated heterocycles. The number of thioether (sulfide) groups is 1. The molecule has 128 valence electrons. The maximum absolute atomic E-state index is 9.91. The Morgan fingerprint density at radius 3 is 2.74 bits per heavy atom. The minimum atomic E-state index is -0.155. The molecule has 1 aromatic carbocycles. The number of nitrogens with zero attached hydrogens (tertiary/aromatic N) is 1. The summed E-state index contributed by atoms with van der Waals surface area (Å²) in [7, 11) is 0. The van der Waals surface area contributed by atoms with Crippen LogP contribution < -0.4 is 10.6 Å². The fourth-order valence-electron chi connectivity index (χ4n) is 2.81. The zero-order valence-electron chi connectivity index (χ0n) is 14.2. The molecule has 4 nitrogen and oxygen atoms in total. The van der Waals surface area contributed by atoms with Crippen LogP contribution in [0.25, 0.3) is 0 Å². The van der Waals surface area contributed by atoms with Gasteiger partial charge in [-0.25, -0.2) is 0 Å². The number of aliphatic hydroxyl groups is 1. The van der Waals surface area contributed by atoms with Gasteiger partial charge in [-0.2, -0.15) is 0 Å². The normalized spacial score (nSPS) is 22.8. The second-order valence-electron chi connectivity index (χ2n) is 6.10. The van der Waals surface area contributed by atoms with Crippen LogP contribution in [0, 0.1) is 5.92 Å². The summed E-state index contributed by atoms with van der Waals surface area (Å²) in [4.78, 5) is 5.97. The molecule has 1 aromatic rings. The quantitative estimate of drug-likeness (QED) is 0.407. The highest BCUT2D eigenvalue weighted by Crippen LogP contribution is 2.24. The highest BCUT2D eigenvalue weighted by molar-refractivity contribution is 8.00. The van der Waals surface area contributed by atoms with Crippen molar-refractivity contribution in [2.75, 3.05) is 19.6 Å². The fourth-order valence-corrected chi connectivity index (χ4v) is 3.74. The van der Waals surface area contributed by atoms with Crippen LogP contribution in [0.1, 0.15) is 33.1 Å². The molecule has 1 aliphatic rings. The molecule has 1 saturated carbocycles. The van der Waals surface area contributed by atoms with Gasteiger partial charge in [0.25, 0.3) is 0 Å². The third kappa shape index (κ3) is 6.43. The highest BCUT2D eigenvalue weighted by atomic mass is 32.2. The van der Waals surface area contributed by atoms with Crippen LogP contribution in [0.5, 0.6) is 0 Å². The van der Waals surface area contributed by atoms with E-state index in [0.29, 0.717) is 11.2 Å². The van der Waals surface area contributed by atoms with Gasteiger partial charge in [-0.1, -0.05) is 31.5 Å². The van der Waals surface area contributed by atoms with Gasteiger partial charge in [-0.15, -0.1) is 11.8 Å². The molecular weight excluding hydrogens is 306 g/mol.